The molecule has 2 aromatic rings. The number of pyridine rings is 1. The molecule has 1 aliphatic rings. The molecule has 0 saturated heterocycles. The summed E-state index contributed by atoms with van der Waals surface area (Å²) in [6.45, 7) is 8.84. The van der Waals surface area contributed by atoms with E-state index >= 15 is 0 Å². The van der Waals surface area contributed by atoms with Crippen molar-refractivity contribution in [2.75, 3.05) is 37.7 Å². The number of hydrogen-bond acceptors (Lipinski definition) is 5. The topological polar surface area (TPSA) is 69.5 Å². The minimum Gasteiger partial charge on any atom is -0.371 e. The molecule has 6 heteroatoms. The van der Waals surface area contributed by atoms with Gasteiger partial charge in [0.1, 0.15) is 18.5 Å². The number of hydrogen-bond donors (Lipinski definition) is 0. The van der Waals surface area contributed by atoms with Crippen molar-refractivity contribution in [1.29, 1.82) is 5.26 Å². The van der Waals surface area contributed by atoms with Crippen molar-refractivity contribution < 1.29 is 9.53 Å². The lowest BCUT2D eigenvalue weighted by Crippen LogP contribution is -2.46. The van der Waals surface area contributed by atoms with E-state index in [2.05, 4.69) is 54.1 Å². The number of benzene rings is 1. The Labute approximate surface area is 185 Å². The van der Waals surface area contributed by atoms with Crippen LogP contribution in [0.1, 0.15) is 44.7 Å². The van der Waals surface area contributed by atoms with Crippen molar-refractivity contribution in [1.82, 2.24) is 9.88 Å². The van der Waals surface area contributed by atoms with Gasteiger partial charge in [-0.25, -0.2) is 4.98 Å². The molecule has 1 unspecified atom stereocenters. The number of carbonyl (C=O) groups excluding carboxylic acids is 1. The van der Waals surface area contributed by atoms with Gasteiger partial charge in [-0.2, -0.15) is 5.26 Å². The Morgan fingerprint density at radius 3 is 2.48 bits per heavy atom. The van der Waals surface area contributed by atoms with Crippen molar-refractivity contribution >= 4 is 11.7 Å². The van der Waals surface area contributed by atoms with Crippen LogP contribution in [-0.4, -0.2) is 54.7 Å². The minimum atomic E-state index is 0.0158. The standard InChI is InChI=1S/C25H32N4O2/c1-4-28(17-20(3)29(5-2)23-12-11-21(15-26)16-27-23)24(30)18-31-19-25(13-14-25)22-9-7-6-8-10-22/h6-12,16,20H,4-5,13-14,17-19H2,1-3H3. The molecule has 1 saturated carbocycles. The molecule has 3 rings (SSSR count). The zero-order chi connectivity index (χ0) is 22.3. The van der Waals surface area contributed by atoms with Crippen LogP contribution < -0.4 is 4.90 Å². The van der Waals surface area contributed by atoms with Crippen molar-refractivity contribution in [3.63, 3.8) is 0 Å². The second-order valence-corrected chi connectivity index (χ2v) is 8.22. The summed E-state index contributed by atoms with van der Waals surface area (Å²) < 4.78 is 5.89. The fourth-order valence-electron chi connectivity index (χ4n) is 4.03. The fraction of sp³-hybridized carbons (Fsp3) is 0.480. The fourth-order valence-corrected chi connectivity index (χ4v) is 4.03. The van der Waals surface area contributed by atoms with Crippen LogP contribution in [0.5, 0.6) is 0 Å². The average molecular weight is 421 g/mol. The van der Waals surface area contributed by atoms with Gasteiger partial charge in [-0.1, -0.05) is 30.3 Å². The van der Waals surface area contributed by atoms with Crippen molar-refractivity contribution in [3.8, 4) is 6.07 Å². The average Bonchev–Trinajstić information content (AvgIpc) is 3.60. The van der Waals surface area contributed by atoms with E-state index in [-0.39, 0.29) is 24.0 Å². The van der Waals surface area contributed by atoms with E-state index in [1.807, 2.05) is 24.0 Å². The number of aromatic nitrogens is 1. The number of amides is 1. The van der Waals surface area contributed by atoms with Crippen LogP contribution in [-0.2, 0) is 14.9 Å². The molecule has 0 radical (unpaired) electrons. The maximum atomic E-state index is 12.8. The highest BCUT2D eigenvalue weighted by molar-refractivity contribution is 5.77. The Bertz CT molecular complexity index is 888. The number of likely N-dealkylation sites (N-methyl/N-ethyl adjacent to an activating group) is 2. The lowest BCUT2D eigenvalue weighted by molar-refractivity contribution is -0.136. The van der Waals surface area contributed by atoms with Crippen molar-refractivity contribution in [2.24, 2.45) is 0 Å². The zero-order valence-corrected chi connectivity index (χ0v) is 18.8. The quantitative estimate of drug-likeness (QED) is 0.554. The monoisotopic (exact) mass is 420 g/mol. The van der Waals surface area contributed by atoms with Crippen molar-refractivity contribution in [3.05, 3.63) is 59.8 Å². The van der Waals surface area contributed by atoms with E-state index < -0.39 is 0 Å². The predicted molar refractivity (Wildman–Crippen MR) is 122 cm³/mol. The molecule has 1 atom stereocenters. The number of nitrogens with zero attached hydrogens (tertiary/aromatic N) is 4. The first-order chi connectivity index (χ1) is 15.0. The summed E-state index contributed by atoms with van der Waals surface area (Å²) in [6, 6.07) is 16.3. The second kappa shape index (κ2) is 10.4. The molecule has 1 amide bonds. The SMILES string of the molecule is CCN(CC(C)N(CC)c1ccc(C#N)cn1)C(=O)COCC1(c2ccccc2)CC1. The smallest absolute Gasteiger partial charge is 0.248 e. The van der Waals surface area contributed by atoms with Crippen LogP contribution in [0.4, 0.5) is 5.82 Å². The number of nitriles is 1. The van der Waals surface area contributed by atoms with Gasteiger partial charge >= 0.3 is 0 Å². The molecule has 1 fully saturated rings. The minimum absolute atomic E-state index is 0.0158. The maximum Gasteiger partial charge on any atom is 0.248 e. The first-order valence-corrected chi connectivity index (χ1v) is 11.1. The van der Waals surface area contributed by atoms with Gasteiger partial charge in [-0.15, -0.1) is 0 Å². The third-order valence-corrected chi connectivity index (χ3v) is 6.11. The van der Waals surface area contributed by atoms with Gasteiger partial charge in [-0.3, -0.25) is 4.79 Å². The highest BCUT2D eigenvalue weighted by Gasteiger charge is 2.44. The predicted octanol–water partition coefficient (Wildman–Crippen LogP) is 3.76. The lowest BCUT2D eigenvalue weighted by Gasteiger charge is -2.33. The van der Waals surface area contributed by atoms with E-state index in [4.69, 9.17) is 10.00 Å². The summed E-state index contributed by atoms with van der Waals surface area (Å²) >= 11 is 0. The third kappa shape index (κ3) is 5.62. The molecule has 0 aliphatic heterocycles. The largest absolute Gasteiger partial charge is 0.371 e. The van der Waals surface area contributed by atoms with Gasteiger partial charge in [0.25, 0.3) is 0 Å². The van der Waals surface area contributed by atoms with Crippen LogP contribution in [0.3, 0.4) is 0 Å². The summed E-state index contributed by atoms with van der Waals surface area (Å²) in [7, 11) is 0. The van der Waals surface area contributed by atoms with E-state index in [0.29, 0.717) is 25.3 Å². The van der Waals surface area contributed by atoms with Gasteiger partial charge in [-0.05, 0) is 51.3 Å². The first kappa shape index (κ1) is 22.8. The highest BCUT2D eigenvalue weighted by Crippen LogP contribution is 2.48. The molecular formula is C25H32N4O2. The molecule has 0 spiro atoms. The summed E-state index contributed by atoms with van der Waals surface area (Å²) in [5, 5.41) is 8.98. The van der Waals surface area contributed by atoms with E-state index in [9.17, 15) is 4.79 Å². The Kier molecular flexibility index (Phi) is 7.64. The number of carbonyl (C=O) groups is 1. The molecule has 0 bridgehead atoms. The van der Waals surface area contributed by atoms with Crippen LogP contribution in [0.2, 0.25) is 0 Å². The molecule has 6 nitrogen and oxygen atoms in total. The molecule has 164 valence electrons. The Balaban J connectivity index is 1.53. The molecule has 1 aliphatic carbocycles. The summed E-state index contributed by atoms with van der Waals surface area (Å²) in [4.78, 5) is 21.2. The van der Waals surface area contributed by atoms with Gasteiger partial charge in [0, 0.05) is 37.3 Å². The lowest BCUT2D eigenvalue weighted by atomic mass is 9.97. The Morgan fingerprint density at radius 1 is 1.19 bits per heavy atom. The van der Waals surface area contributed by atoms with Crippen LogP contribution >= 0.6 is 0 Å². The maximum absolute atomic E-state index is 12.8. The first-order valence-electron chi connectivity index (χ1n) is 11.1. The highest BCUT2D eigenvalue weighted by atomic mass is 16.5. The molecular weight excluding hydrogens is 388 g/mol. The van der Waals surface area contributed by atoms with Crippen molar-refractivity contribution in [2.45, 2.75) is 45.1 Å². The molecule has 1 heterocycles. The molecule has 0 N–H and O–H groups in total. The second-order valence-electron chi connectivity index (χ2n) is 8.22. The third-order valence-electron chi connectivity index (χ3n) is 6.11. The molecule has 31 heavy (non-hydrogen) atoms. The van der Waals surface area contributed by atoms with Crippen LogP contribution in [0, 0.1) is 11.3 Å². The van der Waals surface area contributed by atoms with Gasteiger partial charge in [0.2, 0.25) is 5.91 Å². The number of ether oxygens (including phenoxy) is 1. The zero-order valence-electron chi connectivity index (χ0n) is 18.8. The van der Waals surface area contributed by atoms with Crippen LogP contribution in [0.25, 0.3) is 0 Å². The summed E-state index contributed by atoms with van der Waals surface area (Å²) in [5.41, 5.74) is 1.93. The number of rotatable bonds is 11. The number of anilines is 1. The van der Waals surface area contributed by atoms with Gasteiger partial charge in [0.15, 0.2) is 0 Å². The van der Waals surface area contributed by atoms with Crippen LogP contribution in [0.15, 0.2) is 48.7 Å². The van der Waals surface area contributed by atoms with E-state index in [0.717, 1.165) is 25.2 Å². The molecule has 1 aromatic heterocycles. The summed E-state index contributed by atoms with van der Waals surface area (Å²) in [6.07, 6.45) is 3.81. The Morgan fingerprint density at radius 2 is 1.94 bits per heavy atom. The van der Waals surface area contributed by atoms with Gasteiger partial charge < -0.3 is 14.5 Å². The van der Waals surface area contributed by atoms with E-state index in [1.165, 1.54) is 5.56 Å². The Hall–Kier alpha value is -2.91. The normalized spacial score (nSPS) is 15.0. The molecule has 1 aromatic carbocycles. The van der Waals surface area contributed by atoms with E-state index in [1.54, 1.807) is 12.3 Å². The van der Waals surface area contributed by atoms with Gasteiger partial charge in [0.05, 0.1) is 12.2 Å². The summed E-state index contributed by atoms with van der Waals surface area (Å²) in [5.74, 6) is 0.828.